The van der Waals surface area contributed by atoms with Crippen LogP contribution in [0.2, 0.25) is 0 Å². The third-order valence-corrected chi connectivity index (χ3v) is 4.29. The largest absolute Gasteiger partial charge is 0.309 e. The minimum Gasteiger partial charge on any atom is -0.309 e. The molecule has 17 heavy (non-hydrogen) atoms. The zero-order chi connectivity index (χ0) is 12.5. The Hall–Kier alpha value is -0.820. The third-order valence-electron chi connectivity index (χ3n) is 4.29. The summed E-state index contributed by atoms with van der Waals surface area (Å²) in [6, 6.07) is 7.43. The zero-order valence-electron chi connectivity index (χ0n) is 11.6. The Morgan fingerprint density at radius 1 is 1.29 bits per heavy atom. The van der Waals surface area contributed by atoms with Crippen LogP contribution in [0.15, 0.2) is 18.2 Å². The van der Waals surface area contributed by atoms with Gasteiger partial charge in [0.25, 0.3) is 0 Å². The van der Waals surface area contributed by atoms with Gasteiger partial charge in [-0.15, -0.1) is 0 Å². The van der Waals surface area contributed by atoms with Crippen molar-refractivity contribution in [3.05, 3.63) is 34.9 Å². The van der Waals surface area contributed by atoms with E-state index in [-0.39, 0.29) is 0 Å². The molecule has 1 aliphatic rings. The van der Waals surface area contributed by atoms with Crippen LogP contribution in [0, 0.1) is 19.3 Å². The van der Waals surface area contributed by atoms with Crippen LogP contribution in [0.1, 0.15) is 49.8 Å². The Morgan fingerprint density at radius 3 is 2.65 bits per heavy atom. The maximum Gasteiger partial charge on any atom is 0.0210 e. The summed E-state index contributed by atoms with van der Waals surface area (Å²) < 4.78 is 0. The first kappa shape index (κ1) is 12.6. The van der Waals surface area contributed by atoms with Crippen molar-refractivity contribution in [2.24, 2.45) is 5.41 Å². The average Bonchev–Trinajstić information content (AvgIpc) is 2.57. The molecule has 2 rings (SSSR count). The quantitative estimate of drug-likeness (QED) is 0.830. The Labute approximate surface area is 106 Å². The molecule has 94 valence electrons. The lowest BCUT2D eigenvalue weighted by atomic mass is 9.87. The second kappa shape index (κ2) is 4.81. The predicted molar refractivity (Wildman–Crippen MR) is 74.2 cm³/mol. The molecule has 0 radical (unpaired) electrons. The van der Waals surface area contributed by atoms with Crippen molar-refractivity contribution in [1.82, 2.24) is 5.32 Å². The van der Waals surface area contributed by atoms with Gasteiger partial charge in [0.1, 0.15) is 0 Å². The lowest BCUT2D eigenvalue weighted by molar-refractivity contribution is 0.282. The minimum atomic E-state index is 0.471. The zero-order valence-corrected chi connectivity index (χ0v) is 11.6. The van der Waals surface area contributed by atoms with E-state index in [1.165, 1.54) is 36.0 Å². The maximum absolute atomic E-state index is 3.75. The molecule has 1 N–H and O–H groups in total. The third kappa shape index (κ3) is 2.90. The van der Waals surface area contributed by atoms with Crippen molar-refractivity contribution in [2.75, 3.05) is 0 Å². The fourth-order valence-corrected chi connectivity index (χ4v) is 2.98. The number of hydrogen-bond donors (Lipinski definition) is 1. The number of aryl methyl sites for hydroxylation is 2. The molecule has 1 aliphatic carbocycles. The summed E-state index contributed by atoms with van der Waals surface area (Å²) in [6.45, 7) is 10.2. The summed E-state index contributed by atoms with van der Waals surface area (Å²) in [7, 11) is 0. The van der Waals surface area contributed by atoms with Gasteiger partial charge in [-0.2, -0.15) is 0 Å². The van der Waals surface area contributed by atoms with E-state index in [1.54, 1.807) is 0 Å². The van der Waals surface area contributed by atoms with Crippen LogP contribution in [0.3, 0.4) is 0 Å². The van der Waals surface area contributed by atoms with E-state index in [2.05, 4.69) is 51.2 Å². The highest BCUT2D eigenvalue weighted by Crippen LogP contribution is 2.37. The van der Waals surface area contributed by atoms with E-state index in [1.807, 2.05) is 0 Å². The van der Waals surface area contributed by atoms with Crippen molar-refractivity contribution in [3.8, 4) is 0 Å². The van der Waals surface area contributed by atoms with Crippen LogP contribution in [0.4, 0.5) is 0 Å². The predicted octanol–water partition coefficient (Wildman–Crippen LogP) is 3.97. The van der Waals surface area contributed by atoms with Gasteiger partial charge in [-0.25, -0.2) is 0 Å². The molecule has 1 fully saturated rings. The first-order chi connectivity index (χ1) is 7.99. The maximum atomic E-state index is 3.75. The summed E-state index contributed by atoms with van der Waals surface area (Å²) in [5.74, 6) is 0. The van der Waals surface area contributed by atoms with E-state index < -0.39 is 0 Å². The van der Waals surface area contributed by atoms with Gasteiger partial charge in [0.15, 0.2) is 0 Å². The molecule has 1 aromatic carbocycles. The van der Waals surface area contributed by atoms with Gasteiger partial charge in [-0.3, -0.25) is 0 Å². The standard InChI is InChI=1S/C16H25N/c1-12-7-8-14(13(2)10-12)11-17-15-6-5-9-16(15,3)4/h7-8,10,15,17H,5-6,9,11H2,1-4H3. The van der Waals surface area contributed by atoms with E-state index in [9.17, 15) is 0 Å². The van der Waals surface area contributed by atoms with Crippen LogP contribution in [-0.4, -0.2) is 6.04 Å². The number of hydrogen-bond acceptors (Lipinski definition) is 1. The summed E-state index contributed by atoms with van der Waals surface area (Å²) in [5, 5.41) is 3.75. The second-order valence-electron chi connectivity index (χ2n) is 6.24. The van der Waals surface area contributed by atoms with Crippen molar-refractivity contribution in [3.63, 3.8) is 0 Å². The van der Waals surface area contributed by atoms with E-state index in [0.717, 1.165) is 6.54 Å². The molecular weight excluding hydrogens is 206 g/mol. The molecule has 0 saturated heterocycles. The molecule has 0 heterocycles. The minimum absolute atomic E-state index is 0.471. The Kier molecular flexibility index (Phi) is 3.58. The molecule has 1 saturated carbocycles. The first-order valence-electron chi connectivity index (χ1n) is 6.78. The molecule has 1 nitrogen and oxygen atoms in total. The molecule has 0 bridgehead atoms. The molecule has 1 unspecified atom stereocenters. The molecule has 0 amide bonds. The molecule has 0 aromatic heterocycles. The first-order valence-corrected chi connectivity index (χ1v) is 6.78. The SMILES string of the molecule is Cc1ccc(CNC2CCCC2(C)C)c(C)c1. The topological polar surface area (TPSA) is 12.0 Å². The number of benzene rings is 1. The van der Waals surface area contributed by atoms with Gasteiger partial charge in [-0.1, -0.05) is 44.0 Å². The van der Waals surface area contributed by atoms with Crippen LogP contribution < -0.4 is 5.32 Å². The van der Waals surface area contributed by atoms with Crippen molar-refractivity contribution in [1.29, 1.82) is 0 Å². The Morgan fingerprint density at radius 2 is 2.06 bits per heavy atom. The van der Waals surface area contributed by atoms with Gasteiger partial charge in [0.2, 0.25) is 0 Å². The lowest BCUT2D eigenvalue weighted by Crippen LogP contribution is -2.37. The normalized spacial score (nSPS) is 22.9. The van der Waals surface area contributed by atoms with Gasteiger partial charge < -0.3 is 5.32 Å². The van der Waals surface area contributed by atoms with Crippen molar-refractivity contribution < 1.29 is 0 Å². The average molecular weight is 231 g/mol. The summed E-state index contributed by atoms with van der Waals surface area (Å²) in [6.07, 6.45) is 4.06. The monoisotopic (exact) mass is 231 g/mol. The number of nitrogens with one attached hydrogen (secondary N) is 1. The van der Waals surface area contributed by atoms with Crippen LogP contribution in [0.5, 0.6) is 0 Å². The highest BCUT2D eigenvalue weighted by atomic mass is 14.9. The van der Waals surface area contributed by atoms with Crippen molar-refractivity contribution >= 4 is 0 Å². The molecule has 0 spiro atoms. The van der Waals surface area contributed by atoms with Gasteiger partial charge in [0, 0.05) is 12.6 Å². The second-order valence-corrected chi connectivity index (χ2v) is 6.24. The summed E-state index contributed by atoms with van der Waals surface area (Å²) in [5.41, 5.74) is 4.68. The van der Waals surface area contributed by atoms with Gasteiger partial charge >= 0.3 is 0 Å². The van der Waals surface area contributed by atoms with E-state index in [0.29, 0.717) is 11.5 Å². The van der Waals surface area contributed by atoms with Crippen molar-refractivity contribution in [2.45, 2.75) is 59.5 Å². The molecular formula is C16H25N. The van der Waals surface area contributed by atoms with Gasteiger partial charge in [0.05, 0.1) is 0 Å². The molecule has 0 aliphatic heterocycles. The lowest BCUT2D eigenvalue weighted by Gasteiger charge is -2.28. The van der Waals surface area contributed by atoms with E-state index in [4.69, 9.17) is 0 Å². The summed E-state index contributed by atoms with van der Waals surface area (Å²) >= 11 is 0. The van der Waals surface area contributed by atoms with Crippen LogP contribution in [0.25, 0.3) is 0 Å². The molecule has 1 aromatic rings. The smallest absolute Gasteiger partial charge is 0.0210 e. The van der Waals surface area contributed by atoms with Crippen LogP contribution >= 0.6 is 0 Å². The highest BCUT2D eigenvalue weighted by molar-refractivity contribution is 5.30. The fourth-order valence-electron chi connectivity index (χ4n) is 2.98. The Bertz CT molecular complexity index is 393. The summed E-state index contributed by atoms with van der Waals surface area (Å²) in [4.78, 5) is 0. The Balaban J connectivity index is 1.98. The van der Waals surface area contributed by atoms with Gasteiger partial charge in [-0.05, 0) is 43.2 Å². The number of rotatable bonds is 3. The molecule has 1 atom stereocenters. The molecule has 1 heteroatoms. The highest BCUT2D eigenvalue weighted by Gasteiger charge is 2.33. The van der Waals surface area contributed by atoms with Crippen LogP contribution in [-0.2, 0) is 6.54 Å². The fraction of sp³-hybridized carbons (Fsp3) is 0.625. The van der Waals surface area contributed by atoms with E-state index >= 15 is 0 Å².